The van der Waals surface area contributed by atoms with Crippen molar-refractivity contribution in [2.24, 2.45) is 4.99 Å². The Morgan fingerprint density at radius 2 is 1.68 bits per heavy atom. The molecule has 1 amide bonds. The van der Waals surface area contributed by atoms with E-state index in [0.717, 1.165) is 30.8 Å². The maximum Gasteiger partial charge on any atom is 0.244 e. The number of hydrogen-bond donors (Lipinski definition) is 2. The number of nitrogens with zero attached hydrogens (tertiary/aromatic N) is 4. The molecule has 0 radical (unpaired) electrons. The van der Waals surface area contributed by atoms with Gasteiger partial charge in [-0.15, -0.1) is 24.0 Å². The molecule has 0 saturated carbocycles. The summed E-state index contributed by atoms with van der Waals surface area (Å²) < 4.78 is 0. The van der Waals surface area contributed by atoms with Gasteiger partial charge >= 0.3 is 0 Å². The number of halogens is 1. The molecule has 0 aliphatic heterocycles. The average Bonchev–Trinajstić information content (AvgIpc) is 2.71. The van der Waals surface area contributed by atoms with Gasteiger partial charge in [-0.05, 0) is 31.2 Å². The number of aliphatic imine (C=N–C) groups is 1. The molecule has 28 heavy (non-hydrogen) atoms. The summed E-state index contributed by atoms with van der Waals surface area (Å²) >= 11 is 0. The van der Waals surface area contributed by atoms with E-state index in [0.29, 0.717) is 19.0 Å². The van der Waals surface area contributed by atoms with Gasteiger partial charge in [0.15, 0.2) is 5.96 Å². The van der Waals surface area contributed by atoms with E-state index in [2.05, 4.69) is 25.6 Å². The summed E-state index contributed by atoms with van der Waals surface area (Å²) in [6.07, 6.45) is 5.08. The molecule has 0 fully saturated rings. The Balaban J connectivity index is 0.00000392. The lowest BCUT2D eigenvalue weighted by atomic mass is 10.2. The van der Waals surface area contributed by atoms with Crippen LogP contribution in [0.15, 0.2) is 53.8 Å². The van der Waals surface area contributed by atoms with Crippen LogP contribution < -0.4 is 10.6 Å². The highest BCUT2D eigenvalue weighted by Crippen LogP contribution is 1.97. The Hall–Kier alpha value is -2.23. The number of pyridine rings is 2. The number of likely N-dealkylation sites (N-methyl/N-ethyl adjacent to an activating group) is 1. The smallest absolute Gasteiger partial charge is 0.244 e. The molecule has 8 heteroatoms. The number of carbonyl (C=O) groups excluding carboxylic acids is 1. The van der Waals surface area contributed by atoms with E-state index < -0.39 is 0 Å². The Morgan fingerprint density at radius 3 is 2.25 bits per heavy atom. The van der Waals surface area contributed by atoms with Gasteiger partial charge in [0.1, 0.15) is 6.54 Å². The molecule has 7 nitrogen and oxygen atoms in total. The van der Waals surface area contributed by atoms with Gasteiger partial charge in [-0.3, -0.25) is 14.8 Å². The van der Waals surface area contributed by atoms with Crippen molar-refractivity contribution < 1.29 is 4.79 Å². The lowest BCUT2D eigenvalue weighted by molar-refractivity contribution is -0.128. The average molecular weight is 496 g/mol. The van der Waals surface area contributed by atoms with Gasteiger partial charge in [-0.1, -0.05) is 12.1 Å². The molecule has 0 saturated heterocycles. The first kappa shape index (κ1) is 23.8. The standard InChI is InChI=1S/C20H28N6O.HI/c1-3-21-20(24-14-10-17-8-4-6-12-22-17)25-16-19(27)26(2)15-11-18-9-5-7-13-23-18;/h4-9,12-13H,3,10-11,14-16H2,1-2H3,(H2,21,24,25);1H. The topological polar surface area (TPSA) is 82.5 Å². The molecule has 2 N–H and O–H groups in total. The van der Waals surface area contributed by atoms with Crippen LogP contribution in [0, 0.1) is 0 Å². The van der Waals surface area contributed by atoms with Crippen molar-refractivity contribution in [3.8, 4) is 0 Å². The minimum Gasteiger partial charge on any atom is -0.357 e. The molecule has 0 aliphatic carbocycles. The van der Waals surface area contributed by atoms with Crippen molar-refractivity contribution in [3.63, 3.8) is 0 Å². The van der Waals surface area contributed by atoms with Gasteiger partial charge in [0.05, 0.1) is 0 Å². The first-order valence-corrected chi connectivity index (χ1v) is 9.25. The highest BCUT2D eigenvalue weighted by atomic mass is 127. The van der Waals surface area contributed by atoms with Crippen LogP contribution >= 0.6 is 24.0 Å². The molecule has 0 atom stereocenters. The van der Waals surface area contributed by atoms with Crippen LogP contribution in [0.1, 0.15) is 18.3 Å². The Bertz CT molecular complexity index is 711. The van der Waals surface area contributed by atoms with Crippen molar-refractivity contribution in [2.75, 3.05) is 33.2 Å². The monoisotopic (exact) mass is 496 g/mol. The van der Waals surface area contributed by atoms with Crippen LogP contribution in [0.25, 0.3) is 0 Å². The molecule has 0 unspecified atom stereocenters. The predicted molar refractivity (Wildman–Crippen MR) is 123 cm³/mol. The van der Waals surface area contributed by atoms with Crippen molar-refractivity contribution in [1.82, 2.24) is 25.5 Å². The molecule has 2 heterocycles. The third-order valence-corrected chi connectivity index (χ3v) is 3.97. The largest absolute Gasteiger partial charge is 0.357 e. The van der Waals surface area contributed by atoms with E-state index in [1.165, 1.54) is 0 Å². The first-order valence-electron chi connectivity index (χ1n) is 9.25. The second-order valence-electron chi connectivity index (χ2n) is 6.08. The molecule has 152 valence electrons. The van der Waals surface area contributed by atoms with Crippen molar-refractivity contribution in [1.29, 1.82) is 0 Å². The zero-order valence-electron chi connectivity index (χ0n) is 16.5. The van der Waals surface area contributed by atoms with Crippen molar-refractivity contribution in [3.05, 3.63) is 60.2 Å². The second-order valence-corrected chi connectivity index (χ2v) is 6.08. The summed E-state index contributed by atoms with van der Waals surface area (Å²) in [5.41, 5.74) is 2.00. The molecule has 2 rings (SSSR count). The molecule has 0 aliphatic rings. The number of rotatable bonds is 9. The summed E-state index contributed by atoms with van der Waals surface area (Å²) in [7, 11) is 1.79. The van der Waals surface area contributed by atoms with Crippen LogP contribution in [-0.4, -0.2) is 60.0 Å². The number of amides is 1. The molecule has 2 aromatic rings. The summed E-state index contributed by atoms with van der Waals surface area (Å²) in [5.74, 6) is 0.618. The van der Waals surface area contributed by atoms with E-state index in [9.17, 15) is 4.79 Å². The van der Waals surface area contributed by atoms with Gasteiger partial charge in [0, 0.05) is 63.3 Å². The van der Waals surface area contributed by atoms with E-state index in [1.807, 2.05) is 43.3 Å². The lowest BCUT2D eigenvalue weighted by Gasteiger charge is -2.16. The van der Waals surface area contributed by atoms with Crippen LogP contribution in [0.2, 0.25) is 0 Å². The molecular weight excluding hydrogens is 467 g/mol. The first-order chi connectivity index (χ1) is 13.2. The SMILES string of the molecule is CCNC(=NCC(=O)N(C)CCc1ccccn1)NCCc1ccccn1.I. The van der Waals surface area contributed by atoms with Gasteiger partial charge in [0.2, 0.25) is 5.91 Å². The highest BCUT2D eigenvalue weighted by molar-refractivity contribution is 14.0. The van der Waals surface area contributed by atoms with Gasteiger partial charge in [0.25, 0.3) is 0 Å². The Morgan fingerprint density at radius 1 is 1.04 bits per heavy atom. The lowest BCUT2D eigenvalue weighted by Crippen LogP contribution is -2.39. The maximum atomic E-state index is 12.3. The molecule has 2 aromatic heterocycles. The zero-order valence-corrected chi connectivity index (χ0v) is 18.8. The maximum absolute atomic E-state index is 12.3. The zero-order chi connectivity index (χ0) is 19.3. The Labute approximate surface area is 184 Å². The number of aromatic nitrogens is 2. The van der Waals surface area contributed by atoms with E-state index in [-0.39, 0.29) is 36.4 Å². The van der Waals surface area contributed by atoms with E-state index in [4.69, 9.17) is 0 Å². The third kappa shape index (κ3) is 9.12. The molecular formula is C20H29IN6O. The van der Waals surface area contributed by atoms with Crippen LogP contribution in [0.4, 0.5) is 0 Å². The fourth-order valence-electron chi connectivity index (χ4n) is 2.42. The summed E-state index contributed by atoms with van der Waals surface area (Å²) in [6, 6.07) is 11.7. The quantitative estimate of drug-likeness (QED) is 0.315. The third-order valence-electron chi connectivity index (χ3n) is 3.97. The second kappa shape index (κ2) is 13.9. The van der Waals surface area contributed by atoms with Crippen LogP contribution in [0.3, 0.4) is 0 Å². The van der Waals surface area contributed by atoms with Crippen molar-refractivity contribution in [2.45, 2.75) is 19.8 Å². The molecule has 0 bridgehead atoms. The number of nitrogens with one attached hydrogen (secondary N) is 2. The van der Waals surface area contributed by atoms with E-state index in [1.54, 1.807) is 24.3 Å². The minimum absolute atomic E-state index is 0. The Kier molecular flexibility index (Phi) is 11.8. The number of hydrogen-bond acceptors (Lipinski definition) is 4. The van der Waals surface area contributed by atoms with Gasteiger partial charge < -0.3 is 15.5 Å². The minimum atomic E-state index is -0.0205. The van der Waals surface area contributed by atoms with Gasteiger partial charge in [-0.25, -0.2) is 4.99 Å². The molecule has 0 aromatic carbocycles. The van der Waals surface area contributed by atoms with Crippen LogP contribution in [0.5, 0.6) is 0 Å². The molecule has 0 spiro atoms. The van der Waals surface area contributed by atoms with Crippen LogP contribution in [-0.2, 0) is 17.6 Å². The van der Waals surface area contributed by atoms with Crippen molar-refractivity contribution >= 4 is 35.8 Å². The number of carbonyl (C=O) groups is 1. The van der Waals surface area contributed by atoms with E-state index >= 15 is 0 Å². The fraction of sp³-hybridized carbons (Fsp3) is 0.400. The summed E-state index contributed by atoms with van der Waals surface area (Å²) in [4.78, 5) is 27.0. The summed E-state index contributed by atoms with van der Waals surface area (Å²) in [6.45, 7) is 4.16. The summed E-state index contributed by atoms with van der Waals surface area (Å²) in [5, 5.41) is 6.40. The predicted octanol–water partition coefficient (Wildman–Crippen LogP) is 1.89. The number of guanidine groups is 1. The highest BCUT2D eigenvalue weighted by Gasteiger charge is 2.09. The fourth-order valence-corrected chi connectivity index (χ4v) is 2.42. The van der Waals surface area contributed by atoms with Gasteiger partial charge in [-0.2, -0.15) is 0 Å². The normalized spacial score (nSPS) is 10.7.